The van der Waals surface area contributed by atoms with Gasteiger partial charge in [0.1, 0.15) is 22.2 Å². The fourth-order valence-corrected chi connectivity index (χ4v) is 4.89. The van der Waals surface area contributed by atoms with Crippen LogP contribution in [0.1, 0.15) is 5.69 Å². The molecule has 0 atom stereocenters. The first kappa shape index (κ1) is 30.3. The Morgan fingerprint density at radius 1 is 1.07 bits per heavy atom. The first-order valence-electron chi connectivity index (χ1n) is 11.7. The average molecular weight is 624 g/mol. The molecule has 4 aromatic rings. The summed E-state index contributed by atoms with van der Waals surface area (Å²) < 4.78 is 78.6. The average Bonchev–Trinajstić information content (AvgIpc) is 2.97. The number of hydrogen-bond donors (Lipinski definition) is 2. The van der Waals surface area contributed by atoms with Crippen molar-refractivity contribution in [3.63, 3.8) is 0 Å². The van der Waals surface area contributed by atoms with Gasteiger partial charge in [0.05, 0.1) is 24.9 Å². The molecule has 3 heterocycles. The number of anilines is 3. The van der Waals surface area contributed by atoms with Crippen molar-refractivity contribution < 1.29 is 35.9 Å². The Kier molecular flexibility index (Phi) is 8.67. The smallest absolute Gasteiger partial charge is 0.433 e. The van der Waals surface area contributed by atoms with Crippen molar-refractivity contribution >= 4 is 45.0 Å². The standard InChI is InChI=1S/C25H21ClF3N7O5S/c1-30-24(37)36(22-7-6-15(13-31-22)42(38,39)35-21-5-4-8-32-34-21)18-12-17(26)16(11-19(18)40-2)14-9-20(25(27,28)29)33-23(10-14)41-3/h4-13H,1-3H3,(H,30,37)(H,34,35). The van der Waals surface area contributed by atoms with Crippen molar-refractivity contribution in [2.45, 2.75) is 11.1 Å². The van der Waals surface area contributed by atoms with Crippen LogP contribution >= 0.6 is 11.6 Å². The molecule has 3 aromatic heterocycles. The monoisotopic (exact) mass is 623 g/mol. The molecule has 4 rings (SSSR count). The Bertz CT molecular complexity index is 1710. The zero-order chi connectivity index (χ0) is 30.7. The minimum Gasteiger partial charge on any atom is -0.495 e. The molecular formula is C25H21ClF3N7O5S. The van der Waals surface area contributed by atoms with Crippen LogP contribution < -0.4 is 24.4 Å². The molecule has 42 heavy (non-hydrogen) atoms. The van der Waals surface area contributed by atoms with Gasteiger partial charge in [0, 0.05) is 31.1 Å². The number of carbonyl (C=O) groups excluding carboxylic acids is 1. The zero-order valence-electron chi connectivity index (χ0n) is 22.0. The summed E-state index contributed by atoms with van der Waals surface area (Å²) in [4.78, 5) is 21.4. The van der Waals surface area contributed by atoms with Crippen LogP contribution in [0.3, 0.4) is 0 Å². The quantitative estimate of drug-likeness (QED) is 0.279. The molecule has 2 amide bonds. The molecule has 0 bridgehead atoms. The summed E-state index contributed by atoms with van der Waals surface area (Å²) in [6.07, 6.45) is -2.36. The fraction of sp³-hybridized carbons (Fsp3) is 0.160. The molecule has 12 nitrogen and oxygen atoms in total. The number of nitrogens with zero attached hydrogens (tertiary/aromatic N) is 5. The zero-order valence-corrected chi connectivity index (χ0v) is 23.5. The largest absolute Gasteiger partial charge is 0.495 e. The normalized spacial score (nSPS) is 11.5. The van der Waals surface area contributed by atoms with Gasteiger partial charge in [-0.05, 0) is 48.0 Å². The number of rotatable bonds is 8. The summed E-state index contributed by atoms with van der Waals surface area (Å²) in [5.41, 5.74) is -0.983. The Morgan fingerprint density at radius 2 is 1.83 bits per heavy atom. The molecule has 0 radical (unpaired) electrons. The minimum absolute atomic E-state index is 0.0118. The fourth-order valence-electron chi connectivity index (χ4n) is 3.68. The van der Waals surface area contributed by atoms with E-state index in [-0.39, 0.29) is 50.0 Å². The molecule has 1 aromatic carbocycles. The summed E-state index contributed by atoms with van der Waals surface area (Å²) in [5, 5.41) is 9.69. The van der Waals surface area contributed by atoms with Gasteiger partial charge in [0.2, 0.25) is 5.88 Å². The van der Waals surface area contributed by atoms with E-state index >= 15 is 0 Å². The lowest BCUT2D eigenvalue weighted by Gasteiger charge is -2.24. The molecule has 220 valence electrons. The van der Waals surface area contributed by atoms with Crippen LogP contribution in [0.5, 0.6) is 11.6 Å². The van der Waals surface area contributed by atoms with Crippen molar-refractivity contribution in [1.29, 1.82) is 0 Å². The predicted molar refractivity (Wildman–Crippen MR) is 146 cm³/mol. The number of ether oxygens (including phenoxy) is 2. The van der Waals surface area contributed by atoms with Crippen molar-refractivity contribution in [3.05, 3.63) is 71.6 Å². The lowest BCUT2D eigenvalue weighted by atomic mass is 10.0. The second kappa shape index (κ2) is 12.0. The highest BCUT2D eigenvalue weighted by atomic mass is 35.5. The third kappa shape index (κ3) is 6.44. The van der Waals surface area contributed by atoms with Gasteiger partial charge in [-0.3, -0.25) is 4.72 Å². The van der Waals surface area contributed by atoms with Crippen LogP contribution in [0, 0.1) is 0 Å². The van der Waals surface area contributed by atoms with Crippen molar-refractivity contribution in [3.8, 4) is 22.8 Å². The van der Waals surface area contributed by atoms with Crippen LogP contribution in [0.15, 0.2) is 65.8 Å². The highest BCUT2D eigenvalue weighted by molar-refractivity contribution is 7.92. The Labute approximate surface area is 242 Å². The molecule has 0 fully saturated rings. The molecule has 0 aliphatic heterocycles. The summed E-state index contributed by atoms with van der Waals surface area (Å²) in [7, 11) is -0.286. The third-order valence-corrected chi connectivity index (χ3v) is 7.26. The van der Waals surface area contributed by atoms with Gasteiger partial charge in [-0.2, -0.15) is 18.3 Å². The van der Waals surface area contributed by atoms with Crippen LogP contribution in [0.2, 0.25) is 5.02 Å². The first-order chi connectivity index (χ1) is 19.9. The number of hydrogen-bond acceptors (Lipinski definition) is 9. The molecule has 0 unspecified atom stereocenters. The summed E-state index contributed by atoms with van der Waals surface area (Å²) in [6, 6.07) is 9.38. The molecule has 17 heteroatoms. The molecule has 0 aliphatic carbocycles. The van der Waals surface area contributed by atoms with Gasteiger partial charge >= 0.3 is 12.2 Å². The van der Waals surface area contributed by atoms with E-state index in [9.17, 15) is 26.4 Å². The maximum atomic E-state index is 13.5. The van der Waals surface area contributed by atoms with E-state index in [1.807, 2.05) is 0 Å². The van der Waals surface area contributed by atoms with Gasteiger partial charge in [-0.1, -0.05) is 11.6 Å². The number of aromatic nitrogens is 4. The van der Waals surface area contributed by atoms with E-state index < -0.39 is 27.9 Å². The first-order valence-corrected chi connectivity index (χ1v) is 13.5. The van der Waals surface area contributed by atoms with Crippen LogP contribution in [0.4, 0.5) is 35.3 Å². The molecule has 2 N–H and O–H groups in total. The second-order valence-corrected chi connectivity index (χ2v) is 10.3. The third-order valence-electron chi connectivity index (χ3n) is 5.61. The number of carbonyl (C=O) groups is 1. The van der Waals surface area contributed by atoms with E-state index in [4.69, 9.17) is 21.1 Å². The van der Waals surface area contributed by atoms with Crippen LogP contribution in [0.25, 0.3) is 11.1 Å². The van der Waals surface area contributed by atoms with E-state index in [0.29, 0.717) is 0 Å². The number of benzene rings is 1. The molecular weight excluding hydrogens is 603 g/mol. The van der Waals surface area contributed by atoms with Gasteiger partial charge < -0.3 is 14.8 Å². The number of methoxy groups -OCH3 is 2. The number of halogens is 4. The van der Waals surface area contributed by atoms with Crippen LogP contribution in [-0.2, 0) is 16.2 Å². The van der Waals surface area contributed by atoms with E-state index in [0.717, 1.165) is 17.2 Å². The van der Waals surface area contributed by atoms with Crippen LogP contribution in [-0.4, -0.2) is 55.9 Å². The van der Waals surface area contributed by atoms with Gasteiger partial charge in [-0.25, -0.2) is 28.1 Å². The number of sulfonamides is 1. The summed E-state index contributed by atoms with van der Waals surface area (Å²) in [5.74, 6) is -0.300. The Hall–Kier alpha value is -4.70. The minimum atomic E-state index is -4.76. The van der Waals surface area contributed by atoms with E-state index in [1.165, 1.54) is 69.9 Å². The van der Waals surface area contributed by atoms with Crippen molar-refractivity contribution in [1.82, 2.24) is 25.5 Å². The Balaban J connectivity index is 1.77. The van der Waals surface area contributed by atoms with Gasteiger partial charge in [0.15, 0.2) is 5.82 Å². The van der Waals surface area contributed by atoms with E-state index in [1.54, 1.807) is 0 Å². The highest BCUT2D eigenvalue weighted by Gasteiger charge is 2.34. The molecule has 0 aliphatic rings. The number of pyridine rings is 2. The molecule has 0 saturated heterocycles. The maximum Gasteiger partial charge on any atom is 0.433 e. The number of urea groups is 1. The summed E-state index contributed by atoms with van der Waals surface area (Å²) >= 11 is 6.52. The maximum absolute atomic E-state index is 13.5. The number of amides is 2. The number of alkyl halides is 3. The topological polar surface area (TPSA) is 149 Å². The highest BCUT2D eigenvalue weighted by Crippen LogP contribution is 2.43. The molecule has 0 spiro atoms. The molecule has 0 saturated carbocycles. The SMILES string of the molecule is CNC(=O)N(c1ccc(S(=O)(=O)Nc2cccnn2)cn1)c1cc(Cl)c(-c2cc(OC)nc(C(F)(F)F)c2)cc1OC. The number of nitrogens with one attached hydrogen (secondary N) is 2. The summed E-state index contributed by atoms with van der Waals surface area (Å²) in [6.45, 7) is 0. The second-order valence-electron chi connectivity index (χ2n) is 8.24. The predicted octanol–water partition coefficient (Wildman–Crippen LogP) is 4.90. The van der Waals surface area contributed by atoms with Gasteiger partial charge in [0.25, 0.3) is 10.0 Å². The van der Waals surface area contributed by atoms with E-state index in [2.05, 4.69) is 30.2 Å². The Morgan fingerprint density at radius 3 is 2.40 bits per heavy atom. The van der Waals surface area contributed by atoms with Crippen molar-refractivity contribution in [2.24, 2.45) is 0 Å². The van der Waals surface area contributed by atoms with Crippen molar-refractivity contribution in [2.75, 3.05) is 30.9 Å². The lowest BCUT2D eigenvalue weighted by molar-refractivity contribution is -0.141. The lowest BCUT2D eigenvalue weighted by Crippen LogP contribution is -2.35. The van der Waals surface area contributed by atoms with Gasteiger partial charge in [-0.15, -0.1) is 5.10 Å².